The molecule has 0 aliphatic carbocycles. The number of hydrogen-bond donors (Lipinski definition) is 0. The van der Waals surface area contributed by atoms with Crippen LogP contribution in [0.15, 0.2) is 151 Å². The van der Waals surface area contributed by atoms with Crippen molar-refractivity contribution in [1.82, 2.24) is 74.8 Å². The highest BCUT2D eigenvalue weighted by Gasteiger charge is 2.01. The van der Waals surface area contributed by atoms with Gasteiger partial charge in [-0.15, -0.1) is 11.3 Å². The summed E-state index contributed by atoms with van der Waals surface area (Å²) in [5.41, 5.74) is 12.6. The normalized spacial score (nSPS) is 8.42. The molecule has 3 aromatic carbocycles. The molecule has 0 saturated carbocycles. The number of aromatic nitrogens is 15. The topological polar surface area (TPSA) is 206 Å². The van der Waals surface area contributed by atoms with Crippen molar-refractivity contribution < 1.29 is 4.42 Å². The van der Waals surface area contributed by atoms with Gasteiger partial charge in [-0.2, -0.15) is 0 Å². The lowest BCUT2D eigenvalue weighted by Crippen LogP contribution is -1.97. The second-order valence-corrected chi connectivity index (χ2v) is 22.0. The lowest BCUT2D eigenvalue weighted by atomic mass is 9.99. The van der Waals surface area contributed by atoms with E-state index in [0.29, 0.717) is 0 Å². The number of fused-ring (bicyclic) bond motifs is 3. The molecule has 9 aromatic heterocycles. The SMILES string of the molecule is CC.CC.CC.CC.CC.CC.CC.CC.CC.CC.Cc1cc(C)ncn1.Cc1ccc(C)o1.Cc1ccc(C)s1.Cc1ccc2c(ccc3cc(C)ccc32)c1.Cc1ccnc(C)n1.Cc1ccnc(C)n1.Cc1cnc(C)cn1.Cc1cnc(C)cn1.Cc1cncc(C)n1.Cc1nc(C)nc(C)n1. The number of aryl methyl sites for hydroxylation is 21. The van der Waals surface area contributed by atoms with E-state index in [1.54, 1.807) is 55.9 Å². The molecule has 0 aliphatic rings. The summed E-state index contributed by atoms with van der Waals surface area (Å²) in [5.74, 6) is 6.02. The summed E-state index contributed by atoms with van der Waals surface area (Å²) in [5, 5.41) is 5.36. The number of furan rings is 1. The van der Waals surface area contributed by atoms with E-state index in [9.17, 15) is 0 Å². The summed E-state index contributed by atoms with van der Waals surface area (Å²) in [6.07, 6.45) is 15.6. The van der Waals surface area contributed by atoms with Crippen LogP contribution in [0.25, 0.3) is 21.5 Å². The number of thiophene rings is 1. The van der Waals surface area contributed by atoms with Gasteiger partial charge < -0.3 is 4.42 Å². The minimum absolute atomic E-state index is 0.792. The average Bonchev–Trinajstić information content (AvgIpc) is 0.916. The van der Waals surface area contributed by atoms with E-state index in [0.717, 1.165) is 97.6 Å². The molecule has 12 rings (SSSR count). The summed E-state index contributed by atoms with van der Waals surface area (Å²) in [4.78, 5) is 62.8. The molecule has 0 spiro atoms. The minimum Gasteiger partial charge on any atom is -0.467 e. The molecule has 0 bridgehead atoms. The van der Waals surface area contributed by atoms with Crippen molar-refractivity contribution in [3.63, 3.8) is 0 Å². The van der Waals surface area contributed by atoms with Crippen LogP contribution < -0.4 is 0 Å². The summed E-state index contributed by atoms with van der Waals surface area (Å²) < 4.78 is 5.08. The van der Waals surface area contributed by atoms with Gasteiger partial charge in [0.2, 0.25) is 0 Å². The molecule has 16 nitrogen and oxygen atoms in total. The maximum absolute atomic E-state index is 5.08. The fourth-order valence-electron chi connectivity index (χ4n) is 7.44. The molecule has 594 valence electrons. The molecule has 9 heterocycles. The molecule has 17 heteroatoms. The number of hydrogen-bond acceptors (Lipinski definition) is 17. The van der Waals surface area contributed by atoms with Crippen molar-refractivity contribution in [2.24, 2.45) is 0 Å². The summed E-state index contributed by atoms with van der Waals surface area (Å²) >= 11 is 1.84. The predicted octanol–water partition coefficient (Wildman–Crippen LogP) is 26.5. The van der Waals surface area contributed by atoms with Gasteiger partial charge in [-0.25, -0.2) is 44.9 Å². The van der Waals surface area contributed by atoms with Crippen LogP contribution in [0.3, 0.4) is 0 Å². The average molecular weight is 1490 g/mol. The van der Waals surface area contributed by atoms with Crippen molar-refractivity contribution >= 4 is 32.9 Å². The number of benzene rings is 3. The van der Waals surface area contributed by atoms with Crippen LogP contribution >= 0.6 is 11.3 Å². The Hall–Kier alpha value is -9.35. The zero-order valence-corrected chi connectivity index (χ0v) is 75.7. The quantitative estimate of drug-likeness (QED) is 0.129. The number of nitrogens with zero attached hydrogens (tertiary/aromatic N) is 15. The van der Waals surface area contributed by atoms with E-state index in [4.69, 9.17) is 4.42 Å². The predicted molar refractivity (Wildman–Crippen MR) is 469 cm³/mol. The second kappa shape index (κ2) is 77.7. The fraction of sp³-hybridized carbons (Fsp3) is 0.456. The molecular formula is C90H147N15OS. The van der Waals surface area contributed by atoms with Gasteiger partial charge in [-0.3, -0.25) is 29.9 Å². The van der Waals surface area contributed by atoms with Crippen LogP contribution in [0.4, 0.5) is 0 Å². The first-order valence-electron chi connectivity index (χ1n) is 38.4. The molecule has 0 unspecified atom stereocenters. The zero-order valence-electron chi connectivity index (χ0n) is 74.9. The van der Waals surface area contributed by atoms with E-state index >= 15 is 0 Å². The van der Waals surface area contributed by atoms with Crippen LogP contribution in [-0.2, 0) is 0 Å². The van der Waals surface area contributed by atoms with Gasteiger partial charge in [0.25, 0.3) is 0 Å². The lowest BCUT2D eigenvalue weighted by Gasteiger charge is -2.05. The largest absolute Gasteiger partial charge is 0.467 e. The van der Waals surface area contributed by atoms with Gasteiger partial charge in [0.05, 0.1) is 34.2 Å². The van der Waals surface area contributed by atoms with Crippen molar-refractivity contribution in [2.45, 2.75) is 284 Å². The molecule has 0 fully saturated rings. The molecular weight excluding hydrogens is 1340 g/mol. The highest BCUT2D eigenvalue weighted by molar-refractivity contribution is 7.11. The second-order valence-electron chi connectivity index (χ2n) is 20.5. The zero-order chi connectivity index (χ0) is 84.4. The summed E-state index contributed by atoms with van der Waals surface area (Å²) in [6, 6.07) is 31.6. The van der Waals surface area contributed by atoms with Crippen LogP contribution in [0.1, 0.15) is 257 Å². The van der Waals surface area contributed by atoms with E-state index in [1.165, 1.54) is 42.4 Å². The Morgan fingerprint density at radius 3 is 0.720 bits per heavy atom. The van der Waals surface area contributed by atoms with E-state index in [2.05, 4.69) is 163 Å². The summed E-state index contributed by atoms with van der Waals surface area (Å²) in [6.45, 7) is 81.1. The highest BCUT2D eigenvalue weighted by atomic mass is 32.1. The van der Waals surface area contributed by atoms with Gasteiger partial charge in [0, 0.05) is 82.1 Å². The Morgan fingerprint density at radius 1 is 0.234 bits per heavy atom. The Bertz CT molecular complexity index is 3410. The Balaban J connectivity index is -0.000000167. The first-order valence-corrected chi connectivity index (χ1v) is 39.2. The van der Waals surface area contributed by atoms with Crippen molar-refractivity contribution in [1.29, 1.82) is 0 Å². The fourth-order valence-corrected chi connectivity index (χ4v) is 8.22. The Kier molecular flexibility index (Phi) is 82.5. The molecule has 0 amide bonds. The molecule has 0 aliphatic heterocycles. The lowest BCUT2D eigenvalue weighted by molar-refractivity contribution is 0.504. The molecule has 12 aromatic rings. The standard InChI is InChI=1S/C16H14.C6H9N3.6C6H8N2.C6H8O.C6H8S.10C2H6/c1-11-3-7-15-13(9-11)5-6-14-10-12(2)4-8-16(14)15;1-4-7-5(2)9-6(3)8-4;2*1-5-3-8-6(2)4-7-5;1-5-3-7-4-6(2)8-5;1-5-3-6(2)8-4-7-5;2*1-5-3-4-7-6(2)8-5;2*1-5-3-4-6(2)7-5;10*1-2/h3-10H,1-2H3;1-3H3;6*3-4H,1-2H3;2*3-4H,1-2H3;10*1-2H3. The highest BCUT2D eigenvalue weighted by Crippen LogP contribution is 2.27. The van der Waals surface area contributed by atoms with E-state index in [-0.39, 0.29) is 0 Å². The van der Waals surface area contributed by atoms with Crippen molar-refractivity contribution in [3.05, 3.63) is 265 Å². The minimum atomic E-state index is 0.792. The smallest absolute Gasteiger partial charge is 0.129 e. The molecule has 0 radical (unpaired) electrons. The summed E-state index contributed by atoms with van der Waals surface area (Å²) in [7, 11) is 0. The van der Waals surface area contributed by atoms with Crippen LogP contribution in [-0.4, -0.2) is 74.8 Å². The van der Waals surface area contributed by atoms with Crippen LogP contribution in [0.5, 0.6) is 0 Å². The molecule has 0 N–H and O–H groups in total. The van der Waals surface area contributed by atoms with E-state index in [1.807, 2.05) is 298 Å². The third-order valence-corrected chi connectivity index (χ3v) is 12.2. The van der Waals surface area contributed by atoms with Gasteiger partial charge in [0.15, 0.2) is 0 Å². The van der Waals surface area contributed by atoms with Gasteiger partial charge in [-0.05, 0) is 209 Å². The van der Waals surface area contributed by atoms with Crippen LogP contribution in [0.2, 0.25) is 0 Å². The van der Waals surface area contributed by atoms with Crippen LogP contribution in [0, 0.1) is 145 Å². The maximum Gasteiger partial charge on any atom is 0.129 e. The molecule has 107 heavy (non-hydrogen) atoms. The molecule has 0 atom stereocenters. The first-order chi connectivity index (χ1) is 51.2. The Morgan fingerprint density at radius 2 is 0.533 bits per heavy atom. The number of rotatable bonds is 0. The third kappa shape index (κ3) is 64.7. The van der Waals surface area contributed by atoms with Gasteiger partial charge >= 0.3 is 0 Å². The van der Waals surface area contributed by atoms with Gasteiger partial charge in [0.1, 0.15) is 47.0 Å². The van der Waals surface area contributed by atoms with Crippen molar-refractivity contribution in [3.8, 4) is 0 Å². The first kappa shape index (κ1) is 113. The monoisotopic (exact) mass is 1490 g/mol. The molecule has 0 saturated heterocycles. The van der Waals surface area contributed by atoms with Crippen molar-refractivity contribution in [2.75, 3.05) is 0 Å². The van der Waals surface area contributed by atoms with E-state index < -0.39 is 0 Å². The maximum atomic E-state index is 5.08. The van der Waals surface area contributed by atoms with Gasteiger partial charge in [-0.1, -0.05) is 198 Å². The Labute approximate surface area is 657 Å². The third-order valence-electron chi connectivity index (χ3n) is 11.3.